The maximum Gasteiger partial charge on any atom is 0.494 e. The Bertz CT molecular complexity index is 942. The second-order valence-corrected chi connectivity index (χ2v) is 8.80. The summed E-state index contributed by atoms with van der Waals surface area (Å²) in [6, 6.07) is 9.52. The molecule has 0 bridgehead atoms. The van der Waals surface area contributed by atoms with Crippen LogP contribution in [0.2, 0.25) is 0 Å². The number of benzene rings is 1. The van der Waals surface area contributed by atoms with Crippen LogP contribution in [-0.2, 0) is 27.3 Å². The Morgan fingerprint density at radius 3 is 2.16 bits per heavy atom. The first-order chi connectivity index (χ1) is 14.8. The van der Waals surface area contributed by atoms with Crippen molar-refractivity contribution >= 4 is 24.2 Å². The van der Waals surface area contributed by atoms with Crippen LogP contribution in [0.3, 0.4) is 0 Å². The van der Waals surface area contributed by atoms with Crippen molar-refractivity contribution in [3.05, 3.63) is 42.1 Å². The summed E-state index contributed by atoms with van der Waals surface area (Å²) < 4.78 is 59.9. The molecule has 0 radical (unpaired) electrons. The largest absolute Gasteiger partial charge is 0.494 e. The summed E-state index contributed by atoms with van der Waals surface area (Å²) in [5, 5.41) is 0. The van der Waals surface area contributed by atoms with Gasteiger partial charge in [-0.3, -0.25) is 4.98 Å². The second-order valence-electron chi connectivity index (χ2n) is 8.66. The van der Waals surface area contributed by atoms with Gasteiger partial charge in [0.15, 0.2) is 6.61 Å². The van der Waals surface area contributed by atoms with Crippen molar-refractivity contribution in [2.75, 3.05) is 6.61 Å². The summed E-state index contributed by atoms with van der Waals surface area (Å²) in [6.45, 7) is 10.4. The molecule has 174 valence electrons. The van der Waals surface area contributed by atoms with E-state index in [1.165, 1.54) is 6.20 Å². The molecule has 1 aromatic heterocycles. The lowest BCUT2D eigenvalue weighted by Crippen LogP contribution is -2.41. The van der Waals surface area contributed by atoms with Gasteiger partial charge in [0.2, 0.25) is 0 Å². The predicted octanol–water partition coefficient (Wildman–Crippen LogP) is 3.97. The first-order valence-electron chi connectivity index (χ1n) is 10.2. The quantitative estimate of drug-likeness (QED) is 0.599. The van der Waals surface area contributed by atoms with Gasteiger partial charge in [-0.1, -0.05) is 25.1 Å². The molecule has 3 rings (SSSR count). The third-order valence-electron chi connectivity index (χ3n) is 5.54. The smallest absolute Gasteiger partial charge is 0.486 e. The molecule has 6 nitrogen and oxygen atoms in total. The van der Waals surface area contributed by atoms with Crippen molar-refractivity contribution in [1.82, 2.24) is 4.98 Å². The van der Waals surface area contributed by atoms with Crippen LogP contribution in [0.5, 0.6) is 5.75 Å². The van der Waals surface area contributed by atoms with E-state index in [-0.39, 0.29) is 0 Å². The van der Waals surface area contributed by atoms with Crippen LogP contribution >= 0.6 is 0 Å². The zero-order valence-electron chi connectivity index (χ0n) is 19.1. The average molecular weight is 467 g/mol. The fourth-order valence-electron chi connectivity index (χ4n) is 3.12. The molecule has 1 aromatic carbocycles. The van der Waals surface area contributed by atoms with E-state index < -0.39 is 42.4 Å². The molecule has 32 heavy (non-hydrogen) atoms. The zero-order chi connectivity index (χ0) is 24.2. The topological polar surface area (TPSA) is 74.7 Å². The standard InChI is InChI=1S/C22H28BF2NO3.O2S/c1-7-15-12-16(23-28-20(2,3)21(4,5)29-23)8-10-18(15)19-11-9-17(13-26-19)27-14-22(6,24)25;1-3-2/h8-13H,7,14H2,1-6H3;. The zero-order valence-corrected chi connectivity index (χ0v) is 19.9. The van der Waals surface area contributed by atoms with Gasteiger partial charge in [-0.15, -0.1) is 0 Å². The number of aryl methyl sites for hydroxylation is 1. The third kappa shape index (κ3) is 6.43. The molecule has 2 aromatic rings. The Kier molecular flexibility index (Phi) is 8.30. The Labute approximate surface area is 191 Å². The van der Waals surface area contributed by atoms with Crippen molar-refractivity contribution in [2.24, 2.45) is 0 Å². The van der Waals surface area contributed by atoms with Crippen molar-refractivity contribution < 1.29 is 31.2 Å². The summed E-state index contributed by atoms with van der Waals surface area (Å²) in [5.41, 5.74) is 3.04. The lowest BCUT2D eigenvalue weighted by molar-refractivity contribution is -0.0230. The highest BCUT2D eigenvalue weighted by Gasteiger charge is 2.51. The number of hydrogen-bond donors (Lipinski definition) is 0. The minimum absolute atomic E-state index is 0.321. The molecular formula is C22H28BF2NO5S. The molecule has 0 atom stereocenters. The Hall–Kier alpha value is -2.17. The van der Waals surface area contributed by atoms with Gasteiger partial charge < -0.3 is 14.0 Å². The summed E-state index contributed by atoms with van der Waals surface area (Å²) in [5.74, 6) is -2.56. The number of rotatable bonds is 6. The highest BCUT2D eigenvalue weighted by Crippen LogP contribution is 2.36. The fourth-order valence-corrected chi connectivity index (χ4v) is 3.12. The van der Waals surface area contributed by atoms with E-state index in [9.17, 15) is 8.78 Å². The Morgan fingerprint density at radius 2 is 1.69 bits per heavy atom. The van der Waals surface area contributed by atoms with Crippen molar-refractivity contribution in [3.63, 3.8) is 0 Å². The van der Waals surface area contributed by atoms with Crippen molar-refractivity contribution in [2.45, 2.75) is 65.1 Å². The summed E-state index contributed by atoms with van der Waals surface area (Å²) in [4.78, 5) is 4.40. The number of pyridine rings is 1. The fraction of sp³-hybridized carbons (Fsp3) is 0.500. The van der Waals surface area contributed by atoms with Crippen LogP contribution in [0.1, 0.15) is 47.1 Å². The monoisotopic (exact) mass is 467 g/mol. The Morgan fingerprint density at radius 1 is 1.09 bits per heavy atom. The lowest BCUT2D eigenvalue weighted by atomic mass is 9.77. The number of aromatic nitrogens is 1. The SMILES string of the molecule is CCc1cc(B2OC(C)(C)C(C)(C)O2)ccc1-c1ccc(OCC(C)(F)F)cn1.O=S=O. The first-order valence-corrected chi connectivity index (χ1v) is 10.9. The van der Waals surface area contributed by atoms with Crippen LogP contribution in [-0.4, -0.2) is 44.3 Å². The first kappa shape index (κ1) is 26.1. The van der Waals surface area contributed by atoms with E-state index in [0.29, 0.717) is 5.75 Å². The molecule has 10 heteroatoms. The summed E-state index contributed by atoms with van der Waals surface area (Å²) >= 11 is -0.750. The number of alkyl halides is 2. The lowest BCUT2D eigenvalue weighted by Gasteiger charge is -2.32. The third-order valence-corrected chi connectivity index (χ3v) is 5.54. The molecule has 0 unspecified atom stereocenters. The van der Waals surface area contributed by atoms with Gasteiger partial charge in [0, 0.05) is 12.5 Å². The second kappa shape index (κ2) is 10.2. The van der Waals surface area contributed by atoms with Crippen LogP contribution < -0.4 is 10.2 Å². The van der Waals surface area contributed by atoms with E-state index in [0.717, 1.165) is 35.6 Å². The number of ether oxygens (including phenoxy) is 1. The minimum atomic E-state index is -2.88. The molecular weight excluding hydrogens is 439 g/mol. The van der Waals surface area contributed by atoms with Gasteiger partial charge in [-0.05, 0) is 57.3 Å². The number of hydrogen-bond acceptors (Lipinski definition) is 6. The number of nitrogens with zero attached hydrogens (tertiary/aromatic N) is 1. The molecule has 0 aliphatic carbocycles. The van der Waals surface area contributed by atoms with Crippen molar-refractivity contribution in [3.8, 4) is 17.0 Å². The molecule has 1 saturated heterocycles. The Balaban J connectivity index is 0.00000114. The maximum atomic E-state index is 12.9. The summed E-state index contributed by atoms with van der Waals surface area (Å²) in [6.07, 6.45) is 2.29. The van der Waals surface area contributed by atoms with Crippen LogP contribution in [0.15, 0.2) is 36.5 Å². The molecule has 1 aliphatic rings. The molecule has 0 amide bonds. The normalized spacial score (nSPS) is 16.8. The van der Waals surface area contributed by atoms with Crippen molar-refractivity contribution in [1.29, 1.82) is 0 Å². The molecule has 0 saturated carbocycles. The molecule has 1 aliphatic heterocycles. The molecule has 2 heterocycles. The van der Waals surface area contributed by atoms with E-state index in [4.69, 9.17) is 22.5 Å². The van der Waals surface area contributed by atoms with Gasteiger partial charge >= 0.3 is 18.7 Å². The van der Waals surface area contributed by atoms with E-state index in [2.05, 4.69) is 18.0 Å². The van der Waals surface area contributed by atoms with E-state index >= 15 is 0 Å². The minimum Gasteiger partial charge on any atom is -0.486 e. The molecule has 0 spiro atoms. The van der Waals surface area contributed by atoms with Gasteiger partial charge in [0.1, 0.15) is 5.75 Å². The van der Waals surface area contributed by atoms with Gasteiger partial charge in [-0.2, -0.15) is 8.42 Å². The van der Waals surface area contributed by atoms with Crippen LogP contribution in [0, 0.1) is 0 Å². The molecule has 1 fully saturated rings. The van der Waals surface area contributed by atoms with E-state index in [1.807, 2.05) is 39.8 Å². The average Bonchev–Trinajstić information content (AvgIpc) is 2.93. The van der Waals surface area contributed by atoms with Gasteiger partial charge in [-0.25, -0.2) is 8.78 Å². The van der Waals surface area contributed by atoms with Gasteiger partial charge in [0.05, 0.1) is 23.1 Å². The predicted molar refractivity (Wildman–Crippen MR) is 120 cm³/mol. The van der Waals surface area contributed by atoms with Crippen LogP contribution in [0.4, 0.5) is 8.78 Å². The maximum absolute atomic E-state index is 12.9. The van der Waals surface area contributed by atoms with Crippen LogP contribution in [0.25, 0.3) is 11.3 Å². The van der Waals surface area contributed by atoms with Gasteiger partial charge in [0.25, 0.3) is 5.92 Å². The summed E-state index contributed by atoms with van der Waals surface area (Å²) in [7, 11) is -0.418. The molecule has 0 N–H and O–H groups in total. The highest BCUT2D eigenvalue weighted by molar-refractivity contribution is 7.51. The highest BCUT2D eigenvalue weighted by atomic mass is 32.1. The van der Waals surface area contributed by atoms with E-state index in [1.54, 1.807) is 12.1 Å². The number of halogens is 2.